The number of hydrogen-bond donors (Lipinski definition) is 2. The number of hydrogen-bond acceptors (Lipinski definition) is 5. The van der Waals surface area contributed by atoms with Gasteiger partial charge in [0.05, 0.1) is 4.92 Å². The lowest BCUT2D eigenvalue weighted by molar-refractivity contribution is -0.384. The molecule has 2 N–H and O–H groups in total. The molecule has 1 amide bonds. The van der Waals surface area contributed by atoms with Crippen molar-refractivity contribution in [3.8, 4) is 11.4 Å². The van der Waals surface area contributed by atoms with Gasteiger partial charge in [0.2, 0.25) is 11.9 Å². The number of carbonyl (C=O) groups excluding carboxylic acids is 1. The third-order valence-corrected chi connectivity index (χ3v) is 4.99. The first-order chi connectivity index (χ1) is 13.6. The Morgan fingerprint density at radius 1 is 1.21 bits per heavy atom. The predicted octanol–water partition coefficient (Wildman–Crippen LogP) is 3.51. The number of aromatic amines is 1. The van der Waals surface area contributed by atoms with Crippen LogP contribution in [0.3, 0.4) is 0 Å². The summed E-state index contributed by atoms with van der Waals surface area (Å²) in [7, 11) is 0. The van der Waals surface area contributed by atoms with E-state index < -0.39 is 4.92 Å². The average molecular weight is 377 g/mol. The van der Waals surface area contributed by atoms with Crippen LogP contribution in [-0.2, 0) is 17.6 Å². The van der Waals surface area contributed by atoms with Crippen molar-refractivity contribution in [3.05, 3.63) is 69.8 Å². The maximum atomic E-state index is 12.4. The van der Waals surface area contributed by atoms with Crippen LogP contribution >= 0.6 is 0 Å². The summed E-state index contributed by atoms with van der Waals surface area (Å²) in [4.78, 5) is 27.1. The molecule has 0 radical (unpaired) electrons. The number of carbonyl (C=O) groups is 1. The highest BCUT2D eigenvalue weighted by Crippen LogP contribution is 2.27. The fourth-order valence-electron chi connectivity index (χ4n) is 3.60. The molecule has 3 aromatic rings. The lowest BCUT2D eigenvalue weighted by Gasteiger charge is -2.23. The van der Waals surface area contributed by atoms with Crippen LogP contribution in [0.25, 0.3) is 11.4 Å². The monoisotopic (exact) mass is 377 g/mol. The Hall–Kier alpha value is -3.55. The Morgan fingerprint density at radius 3 is 2.86 bits per heavy atom. The maximum absolute atomic E-state index is 12.4. The molecular formula is C20H19N5O3. The second kappa shape index (κ2) is 7.59. The molecule has 1 aromatic heterocycles. The van der Waals surface area contributed by atoms with Crippen molar-refractivity contribution in [1.29, 1.82) is 0 Å². The average Bonchev–Trinajstić information content (AvgIpc) is 3.16. The van der Waals surface area contributed by atoms with E-state index in [1.54, 1.807) is 12.1 Å². The molecule has 1 atom stereocenters. The number of nitro groups is 1. The van der Waals surface area contributed by atoms with Crippen LogP contribution in [0.4, 0.5) is 11.6 Å². The number of aromatic nitrogens is 3. The van der Waals surface area contributed by atoms with Crippen molar-refractivity contribution in [2.24, 2.45) is 5.92 Å². The molecule has 4 rings (SSSR count). The van der Waals surface area contributed by atoms with Gasteiger partial charge < -0.3 is 0 Å². The van der Waals surface area contributed by atoms with Gasteiger partial charge in [-0.15, -0.1) is 5.10 Å². The molecule has 8 heteroatoms. The number of rotatable bonds is 5. The molecule has 0 saturated carbocycles. The molecule has 1 aliphatic carbocycles. The van der Waals surface area contributed by atoms with E-state index in [0.717, 1.165) is 19.3 Å². The first kappa shape index (κ1) is 17.8. The van der Waals surface area contributed by atoms with Gasteiger partial charge in [-0.25, -0.2) is 0 Å². The van der Waals surface area contributed by atoms with E-state index in [4.69, 9.17) is 0 Å². The number of H-pyrrole nitrogens is 1. The summed E-state index contributed by atoms with van der Waals surface area (Å²) >= 11 is 0. The highest BCUT2D eigenvalue weighted by molar-refractivity contribution is 5.89. The number of benzene rings is 2. The Kier molecular flexibility index (Phi) is 4.84. The number of anilines is 1. The van der Waals surface area contributed by atoms with Crippen molar-refractivity contribution in [1.82, 2.24) is 15.2 Å². The molecule has 0 aliphatic heterocycles. The largest absolute Gasteiger partial charge is 0.293 e. The molecule has 142 valence electrons. The number of fused-ring (bicyclic) bond motifs is 1. The number of aryl methyl sites for hydroxylation is 1. The second-order valence-corrected chi connectivity index (χ2v) is 6.94. The van der Waals surface area contributed by atoms with E-state index in [0.29, 0.717) is 23.7 Å². The molecule has 1 heterocycles. The second-order valence-electron chi connectivity index (χ2n) is 6.94. The van der Waals surface area contributed by atoms with Crippen molar-refractivity contribution in [2.45, 2.75) is 25.7 Å². The Balaban J connectivity index is 1.38. The molecule has 1 aliphatic rings. The molecule has 0 bridgehead atoms. The van der Waals surface area contributed by atoms with Gasteiger partial charge in [-0.2, -0.15) is 4.98 Å². The zero-order valence-corrected chi connectivity index (χ0v) is 15.1. The minimum atomic E-state index is -0.467. The molecule has 1 unspecified atom stereocenters. The summed E-state index contributed by atoms with van der Waals surface area (Å²) in [6.45, 7) is 0. The Morgan fingerprint density at radius 2 is 2.04 bits per heavy atom. The first-order valence-electron chi connectivity index (χ1n) is 9.12. The lowest BCUT2D eigenvalue weighted by Crippen LogP contribution is -2.22. The SMILES string of the molecule is O=C(CC1CCc2ccccc2C1)Nc1n[nH]c(-c2cccc([N+](=O)[O-])c2)n1. The first-order valence-corrected chi connectivity index (χ1v) is 9.12. The van der Waals surface area contributed by atoms with Crippen LogP contribution < -0.4 is 5.32 Å². The van der Waals surface area contributed by atoms with E-state index in [1.165, 1.54) is 23.3 Å². The van der Waals surface area contributed by atoms with Gasteiger partial charge in [-0.05, 0) is 36.3 Å². The van der Waals surface area contributed by atoms with Gasteiger partial charge in [0, 0.05) is 24.1 Å². The van der Waals surface area contributed by atoms with E-state index in [2.05, 4.69) is 32.6 Å². The molecule has 0 fully saturated rings. The van der Waals surface area contributed by atoms with Crippen LogP contribution in [0.2, 0.25) is 0 Å². The maximum Gasteiger partial charge on any atom is 0.270 e. The predicted molar refractivity (Wildman–Crippen MR) is 104 cm³/mol. The molecule has 28 heavy (non-hydrogen) atoms. The van der Waals surface area contributed by atoms with E-state index in [-0.39, 0.29) is 17.5 Å². The zero-order chi connectivity index (χ0) is 19.5. The van der Waals surface area contributed by atoms with Crippen molar-refractivity contribution in [2.75, 3.05) is 5.32 Å². The highest BCUT2D eigenvalue weighted by atomic mass is 16.6. The van der Waals surface area contributed by atoms with Gasteiger partial charge in [0.1, 0.15) is 0 Å². The minimum Gasteiger partial charge on any atom is -0.293 e. The highest BCUT2D eigenvalue weighted by Gasteiger charge is 2.21. The quantitative estimate of drug-likeness (QED) is 0.522. The van der Waals surface area contributed by atoms with E-state index in [1.807, 2.05) is 12.1 Å². The molecular weight excluding hydrogens is 358 g/mol. The third kappa shape index (κ3) is 3.90. The fourth-order valence-corrected chi connectivity index (χ4v) is 3.60. The van der Waals surface area contributed by atoms with Gasteiger partial charge in [-0.1, -0.05) is 36.4 Å². The van der Waals surface area contributed by atoms with Gasteiger partial charge >= 0.3 is 0 Å². The Labute approximate surface area is 161 Å². The summed E-state index contributed by atoms with van der Waals surface area (Å²) in [6.07, 6.45) is 3.29. The smallest absolute Gasteiger partial charge is 0.270 e. The Bertz CT molecular complexity index is 1030. The number of nitro benzene ring substituents is 1. The lowest BCUT2D eigenvalue weighted by atomic mass is 9.82. The number of amides is 1. The molecule has 8 nitrogen and oxygen atoms in total. The van der Waals surface area contributed by atoms with Crippen molar-refractivity contribution < 1.29 is 9.72 Å². The van der Waals surface area contributed by atoms with E-state index in [9.17, 15) is 14.9 Å². The zero-order valence-electron chi connectivity index (χ0n) is 15.1. The van der Waals surface area contributed by atoms with Crippen LogP contribution in [0.5, 0.6) is 0 Å². The minimum absolute atomic E-state index is 0.0305. The van der Waals surface area contributed by atoms with Gasteiger partial charge in [0.15, 0.2) is 5.82 Å². The molecule has 0 spiro atoms. The number of nitrogens with one attached hydrogen (secondary N) is 2. The summed E-state index contributed by atoms with van der Waals surface area (Å²) in [6, 6.07) is 14.4. The normalized spacial score (nSPS) is 15.6. The van der Waals surface area contributed by atoms with Gasteiger partial charge in [0.25, 0.3) is 5.69 Å². The summed E-state index contributed by atoms with van der Waals surface area (Å²) in [5.41, 5.74) is 3.19. The molecule has 0 saturated heterocycles. The topological polar surface area (TPSA) is 114 Å². The van der Waals surface area contributed by atoms with Gasteiger partial charge in [-0.3, -0.25) is 25.3 Å². The van der Waals surface area contributed by atoms with Crippen molar-refractivity contribution in [3.63, 3.8) is 0 Å². The summed E-state index contributed by atoms with van der Waals surface area (Å²) in [5, 5.41) is 20.3. The summed E-state index contributed by atoms with van der Waals surface area (Å²) in [5.74, 6) is 0.701. The molecule has 2 aromatic carbocycles. The van der Waals surface area contributed by atoms with Crippen LogP contribution in [-0.4, -0.2) is 26.0 Å². The van der Waals surface area contributed by atoms with Crippen molar-refractivity contribution >= 4 is 17.5 Å². The third-order valence-electron chi connectivity index (χ3n) is 4.99. The van der Waals surface area contributed by atoms with E-state index >= 15 is 0 Å². The van der Waals surface area contributed by atoms with Crippen LogP contribution in [0.15, 0.2) is 48.5 Å². The standard InChI is InChI=1S/C20H19N5O3/c26-18(11-13-8-9-14-4-1-2-5-15(14)10-13)21-20-22-19(23-24-20)16-6-3-7-17(12-16)25(27)28/h1-7,12-13H,8-11H2,(H2,21,22,23,24,26). The van der Waals surface area contributed by atoms with Crippen LogP contribution in [0.1, 0.15) is 24.0 Å². The number of non-ortho nitro benzene ring substituents is 1. The summed E-state index contributed by atoms with van der Waals surface area (Å²) < 4.78 is 0. The fraction of sp³-hybridized carbons (Fsp3) is 0.250. The van der Waals surface area contributed by atoms with Crippen LogP contribution in [0, 0.1) is 16.0 Å². The number of nitrogens with zero attached hydrogens (tertiary/aromatic N) is 3.